The first-order valence-electron chi connectivity index (χ1n) is 6.36. The van der Waals surface area contributed by atoms with E-state index >= 15 is 0 Å². The Morgan fingerprint density at radius 2 is 1.79 bits per heavy atom. The number of hydrogen-bond acceptors (Lipinski definition) is 3. The third-order valence-corrected chi connectivity index (χ3v) is 3.11. The van der Waals surface area contributed by atoms with E-state index in [0.29, 0.717) is 11.3 Å². The van der Waals surface area contributed by atoms with E-state index in [1.807, 2.05) is 42.5 Å². The van der Waals surface area contributed by atoms with E-state index in [9.17, 15) is 4.79 Å². The third-order valence-electron chi connectivity index (χ3n) is 3.11. The van der Waals surface area contributed by atoms with Gasteiger partial charge in [0, 0.05) is 29.2 Å². The van der Waals surface area contributed by atoms with Crippen molar-refractivity contribution in [2.24, 2.45) is 0 Å². The lowest BCUT2D eigenvalue weighted by atomic mass is 10.1. The van der Waals surface area contributed by atoms with Gasteiger partial charge in [0.15, 0.2) is 5.78 Å². The summed E-state index contributed by atoms with van der Waals surface area (Å²) in [7, 11) is 0. The monoisotopic (exact) mass is 254 g/mol. The molecule has 0 amide bonds. The Morgan fingerprint density at radius 1 is 1.11 bits per heavy atom. The standard InChI is InChI=1S/C16H18N2O/c1-3-18(13-7-5-4-6-8-13)14-9-10-16(17)15(11-14)12(2)19/h4-11H,3,17H2,1-2H3. The fourth-order valence-electron chi connectivity index (χ4n) is 2.14. The van der Waals surface area contributed by atoms with Crippen molar-refractivity contribution < 1.29 is 4.79 Å². The Hall–Kier alpha value is -2.29. The minimum Gasteiger partial charge on any atom is -0.398 e. The van der Waals surface area contributed by atoms with E-state index in [1.54, 1.807) is 6.07 Å². The van der Waals surface area contributed by atoms with Crippen LogP contribution in [-0.4, -0.2) is 12.3 Å². The molecule has 0 spiro atoms. The van der Waals surface area contributed by atoms with Crippen LogP contribution in [0.15, 0.2) is 48.5 Å². The third kappa shape index (κ3) is 2.76. The molecule has 0 saturated heterocycles. The van der Waals surface area contributed by atoms with Crippen molar-refractivity contribution in [1.29, 1.82) is 0 Å². The Balaban J connectivity index is 2.45. The fraction of sp³-hybridized carbons (Fsp3) is 0.188. The van der Waals surface area contributed by atoms with Gasteiger partial charge >= 0.3 is 0 Å². The van der Waals surface area contributed by atoms with Gasteiger partial charge < -0.3 is 10.6 Å². The second-order valence-corrected chi connectivity index (χ2v) is 4.41. The highest BCUT2D eigenvalue weighted by Crippen LogP contribution is 2.27. The molecule has 2 aromatic rings. The number of anilines is 3. The molecule has 0 unspecified atom stereocenters. The molecule has 19 heavy (non-hydrogen) atoms. The molecule has 0 bridgehead atoms. The SMILES string of the molecule is CCN(c1ccccc1)c1ccc(N)c(C(C)=O)c1. The predicted molar refractivity (Wildman–Crippen MR) is 80.0 cm³/mol. The van der Waals surface area contributed by atoms with Crippen LogP contribution >= 0.6 is 0 Å². The number of ketones is 1. The van der Waals surface area contributed by atoms with E-state index in [2.05, 4.69) is 11.8 Å². The van der Waals surface area contributed by atoms with Crippen molar-refractivity contribution in [3.8, 4) is 0 Å². The number of nitrogen functional groups attached to an aromatic ring is 1. The lowest BCUT2D eigenvalue weighted by molar-refractivity contribution is 0.101. The lowest BCUT2D eigenvalue weighted by Crippen LogP contribution is -2.16. The number of para-hydroxylation sites is 1. The zero-order valence-electron chi connectivity index (χ0n) is 11.3. The molecule has 0 heterocycles. The maximum atomic E-state index is 11.6. The number of nitrogens with zero attached hydrogens (tertiary/aromatic N) is 1. The van der Waals surface area contributed by atoms with E-state index in [1.165, 1.54) is 6.92 Å². The number of benzene rings is 2. The van der Waals surface area contributed by atoms with Crippen LogP contribution in [0.2, 0.25) is 0 Å². The topological polar surface area (TPSA) is 46.3 Å². The van der Waals surface area contributed by atoms with E-state index in [-0.39, 0.29) is 5.78 Å². The number of carbonyl (C=O) groups is 1. The van der Waals surface area contributed by atoms with Crippen molar-refractivity contribution in [3.63, 3.8) is 0 Å². The Bertz CT molecular complexity index is 579. The average Bonchev–Trinajstić information content (AvgIpc) is 2.42. The van der Waals surface area contributed by atoms with Gasteiger partial charge in [-0.25, -0.2) is 0 Å². The van der Waals surface area contributed by atoms with Crippen LogP contribution in [0.3, 0.4) is 0 Å². The molecule has 3 nitrogen and oxygen atoms in total. The molecule has 0 atom stereocenters. The van der Waals surface area contributed by atoms with Crippen molar-refractivity contribution in [1.82, 2.24) is 0 Å². The quantitative estimate of drug-likeness (QED) is 0.669. The summed E-state index contributed by atoms with van der Waals surface area (Å²) < 4.78 is 0. The molecule has 0 aromatic heterocycles. The average molecular weight is 254 g/mol. The van der Waals surface area contributed by atoms with Crippen molar-refractivity contribution in [2.75, 3.05) is 17.2 Å². The lowest BCUT2D eigenvalue weighted by Gasteiger charge is -2.24. The van der Waals surface area contributed by atoms with Gasteiger partial charge in [-0.3, -0.25) is 4.79 Å². The smallest absolute Gasteiger partial charge is 0.161 e. The largest absolute Gasteiger partial charge is 0.398 e. The van der Waals surface area contributed by atoms with Crippen molar-refractivity contribution in [2.45, 2.75) is 13.8 Å². The van der Waals surface area contributed by atoms with Crippen LogP contribution in [0.4, 0.5) is 17.1 Å². The van der Waals surface area contributed by atoms with E-state index < -0.39 is 0 Å². The van der Waals surface area contributed by atoms with Crippen molar-refractivity contribution >= 4 is 22.8 Å². The summed E-state index contributed by atoms with van der Waals surface area (Å²) in [4.78, 5) is 13.7. The Morgan fingerprint density at radius 3 is 2.37 bits per heavy atom. The van der Waals surface area contributed by atoms with Gasteiger partial charge in [0.1, 0.15) is 0 Å². The number of carbonyl (C=O) groups excluding carboxylic acids is 1. The van der Waals surface area contributed by atoms with Crippen LogP contribution in [0.1, 0.15) is 24.2 Å². The zero-order chi connectivity index (χ0) is 13.8. The molecule has 0 fully saturated rings. The van der Waals surface area contributed by atoms with Gasteiger partial charge in [-0.1, -0.05) is 18.2 Å². The molecular weight excluding hydrogens is 236 g/mol. The summed E-state index contributed by atoms with van der Waals surface area (Å²) in [6, 6.07) is 15.7. The predicted octanol–water partition coefficient (Wildman–Crippen LogP) is 3.63. The summed E-state index contributed by atoms with van der Waals surface area (Å²) in [6.45, 7) is 4.44. The molecule has 0 aliphatic carbocycles. The molecule has 98 valence electrons. The van der Waals surface area contributed by atoms with Crippen LogP contribution in [0.25, 0.3) is 0 Å². The molecule has 0 aliphatic heterocycles. The maximum Gasteiger partial charge on any atom is 0.161 e. The molecule has 2 aromatic carbocycles. The molecule has 3 heteroatoms. The first-order chi connectivity index (χ1) is 9.13. The van der Waals surface area contributed by atoms with Gasteiger partial charge in [0.2, 0.25) is 0 Å². The highest BCUT2D eigenvalue weighted by molar-refractivity contribution is 6.00. The summed E-state index contributed by atoms with van der Waals surface area (Å²) >= 11 is 0. The summed E-state index contributed by atoms with van der Waals surface area (Å²) in [5, 5.41) is 0. The van der Waals surface area contributed by atoms with Crippen LogP contribution < -0.4 is 10.6 Å². The first kappa shape index (κ1) is 13.1. The van der Waals surface area contributed by atoms with E-state index in [4.69, 9.17) is 5.73 Å². The van der Waals surface area contributed by atoms with Crippen LogP contribution in [-0.2, 0) is 0 Å². The van der Waals surface area contributed by atoms with Crippen LogP contribution in [0.5, 0.6) is 0 Å². The second kappa shape index (κ2) is 5.57. The number of nitrogens with two attached hydrogens (primary N) is 1. The molecule has 2 rings (SSSR count). The van der Waals surface area contributed by atoms with Gasteiger partial charge in [0.05, 0.1) is 0 Å². The summed E-state index contributed by atoms with van der Waals surface area (Å²) in [5.74, 6) is -0.0107. The number of rotatable bonds is 4. The normalized spacial score (nSPS) is 10.2. The molecule has 0 aliphatic rings. The second-order valence-electron chi connectivity index (χ2n) is 4.41. The van der Waals surface area contributed by atoms with E-state index in [0.717, 1.165) is 17.9 Å². The van der Waals surface area contributed by atoms with Gasteiger partial charge in [-0.05, 0) is 44.2 Å². The van der Waals surface area contributed by atoms with Gasteiger partial charge in [-0.2, -0.15) is 0 Å². The highest BCUT2D eigenvalue weighted by atomic mass is 16.1. The van der Waals surface area contributed by atoms with Crippen LogP contribution in [0, 0.1) is 0 Å². The summed E-state index contributed by atoms with van der Waals surface area (Å²) in [5.41, 5.74) is 9.02. The Kier molecular flexibility index (Phi) is 3.85. The minimum absolute atomic E-state index is 0.0107. The molecule has 2 N–H and O–H groups in total. The maximum absolute atomic E-state index is 11.6. The van der Waals surface area contributed by atoms with Gasteiger partial charge in [-0.15, -0.1) is 0 Å². The number of Topliss-reactive ketones (excluding diaryl/α,β-unsaturated/α-hetero) is 1. The molecule has 0 radical (unpaired) electrons. The highest BCUT2D eigenvalue weighted by Gasteiger charge is 2.11. The fourth-order valence-corrected chi connectivity index (χ4v) is 2.14. The number of hydrogen-bond donors (Lipinski definition) is 1. The zero-order valence-corrected chi connectivity index (χ0v) is 11.3. The summed E-state index contributed by atoms with van der Waals surface area (Å²) in [6.07, 6.45) is 0. The Labute approximate surface area is 113 Å². The van der Waals surface area contributed by atoms with Crippen molar-refractivity contribution in [3.05, 3.63) is 54.1 Å². The minimum atomic E-state index is -0.0107. The molecular formula is C16H18N2O. The first-order valence-corrected chi connectivity index (χ1v) is 6.36. The van der Waals surface area contributed by atoms with Gasteiger partial charge in [0.25, 0.3) is 0 Å². The molecule has 0 saturated carbocycles.